The van der Waals surface area contributed by atoms with Gasteiger partial charge in [0.2, 0.25) is 5.91 Å². The zero-order valence-electron chi connectivity index (χ0n) is 13.0. The summed E-state index contributed by atoms with van der Waals surface area (Å²) < 4.78 is 9.07. The summed E-state index contributed by atoms with van der Waals surface area (Å²) in [6, 6.07) is 10.4. The Kier molecular flexibility index (Phi) is 6.10. The molecule has 0 aliphatic heterocycles. The molecule has 0 aliphatic carbocycles. The minimum atomic E-state index is -0.680. The number of aromatic nitrogens is 1. The first kappa shape index (κ1) is 17.0. The number of ether oxygens (including phenoxy) is 1. The van der Waals surface area contributed by atoms with Crippen LogP contribution in [0.2, 0.25) is 0 Å². The van der Waals surface area contributed by atoms with E-state index in [2.05, 4.69) is 15.0 Å². The number of nitrogens with one attached hydrogen (secondary N) is 2. The summed E-state index contributed by atoms with van der Waals surface area (Å²) >= 11 is 1.18. The molecule has 2 rings (SSSR count). The quantitative estimate of drug-likeness (QED) is 0.851. The minimum absolute atomic E-state index is 0.0767. The second kappa shape index (κ2) is 8.28. The zero-order valence-corrected chi connectivity index (χ0v) is 13.8. The minimum Gasteiger partial charge on any atom is -0.445 e. The third-order valence-corrected chi connectivity index (χ3v) is 3.78. The fourth-order valence-corrected chi connectivity index (χ4v) is 2.41. The van der Waals surface area contributed by atoms with E-state index in [1.165, 1.54) is 11.5 Å². The van der Waals surface area contributed by atoms with Crippen LogP contribution in [0.15, 0.2) is 42.6 Å². The Bertz CT molecular complexity index is 629. The van der Waals surface area contributed by atoms with Gasteiger partial charge >= 0.3 is 6.09 Å². The van der Waals surface area contributed by atoms with Crippen LogP contribution in [-0.2, 0) is 16.1 Å². The normalized spacial score (nSPS) is 11.8. The van der Waals surface area contributed by atoms with Crippen LogP contribution < -0.4 is 10.6 Å². The second-order valence-corrected chi connectivity index (χ2v) is 6.13. The molecule has 2 N–H and O–H groups in total. The maximum absolute atomic E-state index is 12.3. The highest BCUT2D eigenvalue weighted by Crippen LogP contribution is 2.13. The number of carbonyl (C=O) groups excluding carboxylic acids is 2. The fraction of sp³-hybridized carbons (Fsp3) is 0.312. The Morgan fingerprint density at radius 2 is 1.96 bits per heavy atom. The van der Waals surface area contributed by atoms with Crippen molar-refractivity contribution in [3.8, 4) is 0 Å². The van der Waals surface area contributed by atoms with Gasteiger partial charge in [0.1, 0.15) is 17.6 Å². The predicted octanol–water partition coefficient (Wildman–Crippen LogP) is 3.03. The van der Waals surface area contributed by atoms with Gasteiger partial charge in [0.25, 0.3) is 0 Å². The summed E-state index contributed by atoms with van der Waals surface area (Å²) in [4.78, 5) is 24.2. The van der Waals surface area contributed by atoms with Crippen molar-refractivity contribution in [1.82, 2.24) is 9.69 Å². The van der Waals surface area contributed by atoms with Gasteiger partial charge in [-0.15, -0.1) is 0 Å². The van der Waals surface area contributed by atoms with Gasteiger partial charge in [-0.1, -0.05) is 44.2 Å². The number of anilines is 1. The van der Waals surface area contributed by atoms with Crippen LogP contribution in [0.4, 0.5) is 9.80 Å². The summed E-state index contributed by atoms with van der Waals surface area (Å²) in [5.74, 6) is -0.367. The van der Waals surface area contributed by atoms with Crippen LogP contribution in [0.1, 0.15) is 19.4 Å². The van der Waals surface area contributed by atoms with Crippen LogP contribution in [0.25, 0.3) is 0 Å². The van der Waals surface area contributed by atoms with E-state index in [0.717, 1.165) is 5.56 Å². The lowest BCUT2D eigenvalue weighted by Crippen LogP contribution is -2.47. The first-order chi connectivity index (χ1) is 11.1. The molecular weight excluding hydrogens is 314 g/mol. The molecule has 0 radical (unpaired) electrons. The molecule has 7 heteroatoms. The van der Waals surface area contributed by atoms with Gasteiger partial charge in [-0.25, -0.2) is 4.79 Å². The molecule has 122 valence electrons. The summed E-state index contributed by atoms with van der Waals surface area (Å²) in [6.45, 7) is 3.87. The summed E-state index contributed by atoms with van der Waals surface area (Å²) in [5, 5.41) is 5.98. The largest absolute Gasteiger partial charge is 0.445 e. The molecule has 1 aromatic carbocycles. The van der Waals surface area contributed by atoms with Gasteiger partial charge in [-0.3, -0.25) is 4.79 Å². The van der Waals surface area contributed by atoms with Gasteiger partial charge in [-0.05, 0) is 29.1 Å². The van der Waals surface area contributed by atoms with E-state index < -0.39 is 12.1 Å². The fourth-order valence-electron chi connectivity index (χ4n) is 1.91. The predicted molar refractivity (Wildman–Crippen MR) is 89.1 cm³/mol. The van der Waals surface area contributed by atoms with E-state index in [-0.39, 0.29) is 18.4 Å². The van der Waals surface area contributed by atoms with Gasteiger partial charge in [0.15, 0.2) is 0 Å². The number of alkyl carbamates (subject to hydrolysis) is 1. The molecule has 6 nitrogen and oxygen atoms in total. The van der Waals surface area contributed by atoms with Crippen molar-refractivity contribution in [1.29, 1.82) is 0 Å². The second-order valence-electron chi connectivity index (χ2n) is 5.29. The van der Waals surface area contributed by atoms with Gasteiger partial charge < -0.3 is 15.4 Å². The lowest BCUT2D eigenvalue weighted by atomic mass is 10.0. The molecule has 1 heterocycles. The van der Waals surface area contributed by atoms with Crippen molar-refractivity contribution in [2.24, 2.45) is 5.92 Å². The van der Waals surface area contributed by atoms with Crippen molar-refractivity contribution in [2.45, 2.75) is 26.5 Å². The monoisotopic (exact) mass is 333 g/mol. The van der Waals surface area contributed by atoms with Crippen molar-refractivity contribution in [3.05, 3.63) is 48.2 Å². The summed E-state index contributed by atoms with van der Waals surface area (Å²) in [7, 11) is 0. The van der Waals surface area contributed by atoms with Gasteiger partial charge in [0.05, 0.1) is 0 Å². The van der Waals surface area contributed by atoms with Crippen molar-refractivity contribution in [3.63, 3.8) is 0 Å². The molecule has 0 aliphatic rings. The molecular formula is C16H19N3O3S. The number of benzene rings is 1. The number of carbonyl (C=O) groups is 2. The van der Waals surface area contributed by atoms with Crippen molar-refractivity contribution < 1.29 is 14.3 Å². The van der Waals surface area contributed by atoms with E-state index >= 15 is 0 Å². The Hall–Kier alpha value is -2.41. The van der Waals surface area contributed by atoms with E-state index in [1.54, 1.807) is 12.3 Å². The zero-order chi connectivity index (χ0) is 16.7. The van der Waals surface area contributed by atoms with Gasteiger partial charge in [0, 0.05) is 6.20 Å². The van der Waals surface area contributed by atoms with Crippen molar-refractivity contribution in [2.75, 3.05) is 5.32 Å². The molecule has 1 atom stereocenters. The SMILES string of the molecule is CC(C)[C@H](NC(=O)OCc1ccccc1)C(=O)Nc1ccns1. The third-order valence-electron chi connectivity index (χ3n) is 3.12. The number of rotatable bonds is 6. The Labute approximate surface area is 139 Å². The Morgan fingerprint density at radius 3 is 2.57 bits per heavy atom. The van der Waals surface area contributed by atoms with Crippen LogP contribution in [0, 0.1) is 5.92 Å². The highest BCUT2D eigenvalue weighted by molar-refractivity contribution is 7.10. The first-order valence-electron chi connectivity index (χ1n) is 7.25. The highest BCUT2D eigenvalue weighted by Gasteiger charge is 2.25. The van der Waals surface area contributed by atoms with E-state index in [4.69, 9.17) is 4.74 Å². The van der Waals surface area contributed by atoms with Crippen LogP contribution in [-0.4, -0.2) is 22.4 Å². The number of amides is 2. The molecule has 1 aromatic heterocycles. The van der Waals surface area contributed by atoms with Gasteiger partial charge in [-0.2, -0.15) is 4.37 Å². The number of nitrogens with zero attached hydrogens (tertiary/aromatic N) is 1. The maximum atomic E-state index is 12.3. The molecule has 0 saturated heterocycles. The number of hydrogen-bond acceptors (Lipinski definition) is 5. The molecule has 0 fully saturated rings. The van der Waals surface area contributed by atoms with Crippen LogP contribution >= 0.6 is 11.5 Å². The maximum Gasteiger partial charge on any atom is 0.408 e. The molecule has 0 unspecified atom stereocenters. The van der Waals surface area contributed by atoms with Crippen molar-refractivity contribution >= 4 is 28.5 Å². The summed E-state index contributed by atoms with van der Waals surface area (Å²) in [6.07, 6.45) is 0.985. The molecule has 2 amide bonds. The standard InChI is InChI=1S/C16H19N3O3S/c1-11(2)14(15(20)18-13-8-9-17-23-13)19-16(21)22-10-12-6-4-3-5-7-12/h3-9,11,14H,10H2,1-2H3,(H,18,20)(H,19,21)/t14-/m0/s1. The first-order valence-corrected chi connectivity index (χ1v) is 8.02. The molecule has 0 spiro atoms. The van der Waals surface area contributed by atoms with Crippen LogP contribution in [0.5, 0.6) is 0 Å². The molecule has 23 heavy (non-hydrogen) atoms. The lowest BCUT2D eigenvalue weighted by Gasteiger charge is -2.20. The topological polar surface area (TPSA) is 80.3 Å². The van der Waals surface area contributed by atoms with Crippen LogP contribution in [0.3, 0.4) is 0 Å². The molecule has 0 saturated carbocycles. The molecule has 0 bridgehead atoms. The Morgan fingerprint density at radius 1 is 1.22 bits per heavy atom. The summed E-state index contributed by atoms with van der Waals surface area (Å²) in [5.41, 5.74) is 0.887. The smallest absolute Gasteiger partial charge is 0.408 e. The lowest BCUT2D eigenvalue weighted by molar-refractivity contribution is -0.119. The third kappa shape index (κ3) is 5.37. The number of hydrogen-bond donors (Lipinski definition) is 2. The molecule has 2 aromatic rings. The van der Waals surface area contributed by atoms with E-state index in [9.17, 15) is 9.59 Å². The van der Waals surface area contributed by atoms with E-state index in [0.29, 0.717) is 5.00 Å². The highest BCUT2D eigenvalue weighted by atomic mass is 32.1. The Balaban J connectivity index is 1.88. The average molecular weight is 333 g/mol. The average Bonchev–Trinajstić information content (AvgIpc) is 3.04. The van der Waals surface area contributed by atoms with E-state index in [1.807, 2.05) is 44.2 Å².